The lowest BCUT2D eigenvalue weighted by Crippen LogP contribution is -2.49. The van der Waals surface area contributed by atoms with Crippen molar-refractivity contribution in [3.05, 3.63) is 54.1 Å². The Morgan fingerprint density at radius 2 is 1.98 bits per heavy atom. The summed E-state index contributed by atoms with van der Waals surface area (Å²) < 4.78 is 40.8. The molecule has 2 atom stereocenters. The summed E-state index contributed by atoms with van der Waals surface area (Å²) in [7, 11) is 0. The molecule has 1 N–H and O–H groups in total. The summed E-state index contributed by atoms with van der Waals surface area (Å²) in [6.07, 6.45) is 1.50. The maximum Gasteiger partial charge on any atom is 0.409 e. The van der Waals surface area contributed by atoms with Crippen LogP contribution in [0.1, 0.15) is 31.7 Å². The number of nitrogens with one attached hydrogen (secondary N) is 1. The van der Waals surface area contributed by atoms with Crippen LogP contribution < -0.4 is 15.0 Å². The van der Waals surface area contributed by atoms with Crippen LogP contribution in [0.15, 0.2) is 42.7 Å². The number of alkyl halides is 1. The number of carbonyl (C=O) groups excluding carboxylic acids is 2. The average Bonchev–Trinajstić information content (AvgIpc) is 3.06. The first-order chi connectivity index (χ1) is 21.9. The van der Waals surface area contributed by atoms with Gasteiger partial charge in [0.15, 0.2) is 12.0 Å². The Bertz CT molecular complexity index is 1550. The Morgan fingerprint density at radius 3 is 2.69 bits per heavy atom. The fourth-order valence-electron chi connectivity index (χ4n) is 5.15. The molecule has 5 rings (SSSR count). The van der Waals surface area contributed by atoms with Gasteiger partial charge in [-0.15, -0.1) is 0 Å². The molecule has 3 heterocycles. The highest BCUT2D eigenvalue weighted by molar-refractivity contribution is 5.68. The molecule has 2 aliphatic rings. The van der Waals surface area contributed by atoms with E-state index < -0.39 is 18.1 Å². The zero-order chi connectivity index (χ0) is 31.8. The number of nitrogens with zero attached hydrogens (tertiary/aromatic N) is 7. The largest absolute Gasteiger partial charge is 0.486 e. The van der Waals surface area contributed by atoms with E-state index in [4.69, 9.17) is 9.47 Å². The van der Waals surface area contributed by atoms with Gasteiger partial charge in [0.25, 0.3) is 0 Å². The molecule has 0 aliphatic carbocycles. The molecule has 2 amide bonds. The minimum absolute atomic E-state index is 0.0599. The summed E-state index contributed by atoms with van der Waals surface area (Å²) in [4.78, 5) is 40.8. The average molecular weight is 621 g/mol. The molecule has 14 heteroatoms. The van der Waals surface area contributed by atoms with Crippen molar-refractivity contribution in [2.75, 3.05) is 56.1 Å². The van der Waals surface area contributed by atoms with E-state index in [1.807, 2.05) is 11.8 Å². The normalized spacial score (nSPS) is 18.2. The van der Waals surface area contributed by atoms with Crippen molar-refractivity contribution in [2.24, 2.45) is 0 Å². The summed E-state index contributed by atoms with van der Waals surface area (Å²) in [5.41, 5.74) is 1.54. The Morgan fingerprint density at radius 1 is 1.16 bits per heavy atom. The monoisotopic (exact) mass is 620 g/mol. The Balaban J connectivity index is 1.21. The number of amides is 2. The number of aromatic nitrogens is 3. The standard InChI is InChI=1S/C31H34F2N8O4/c1-2-3-14-44-31(43)41-12-10-40(11-13-41)26-6-5-23(16-24(26)32)37-30-36-19-35-29(38-30)21-4-7-27(22(15-21)17-34)45-28-8-9-39(20-42)18-25(28)33/h4-7,15-16,19-20,25,28H,2-3,8-14,18H2,1H3,(H,35,36,37,38)/t25-,28-/m0/s1. The van der Waals surface area contributed by atoms with Crippen LogP contribution in [0, 0.1) is 17.1 Å². The van der Waals surface area contributed by atoms with Gasteiger partial charge in [-0.25, -0.2) is 23.5 Å². The Hall–Kier alpha value is -5.06. The lowest BCUT2D eigenvalue weighted by molar-refractivity contribution is -0.121. The van der Waals surface area contributed by atoms with Crippen LogP contribution in [-0.4, -0.2) is 95.4 Å². The number of ether oxygens (including phenoxy) is 2. The van der Waals surface area contributed by atoms with Crippen molar-refractivity contribution in [2.45, 2.75) is 38.5 Å². The van der Waals surface area contributed by atoms with Crippen molar-refractivity contribution >= 4 is 29.8 Å². The third-order valence-corrected chi connectivity index (χ3v) is 7.68. The molecular formula is C31H34F2N8O4. The number of benzene rings is 2. The first-order valence-electron chi connectivity index (χ1n) is 14.8. The smallest absolute Gasteiger partial charge is 0.409 e. The molecule has 45 heavy (non-hydrogen) atoms. The van der Waals surface area contributed by atoms with Gasteiger partial charge in [-0.2, -0.15) is 10.2 Å². The molecule has 3 aromatic rings. The number of carbonyl (C=O) groups is 2. The summed E-state index contributed by atoms with van der Waals surface area (Å²) in [5, 5.41) is 12.7. The molecule has 1 aromatic heterocycles. The number of nitriles is 1. The summed E-state index contributed by atoms with van der Waals surface area (Å²) in [6, 6.07) is 11.6. The molecule has 236 valence electrons. The van der Waals surface area contributed by atoms with Gasteiger partial charge >= 0.3 is 6.09 Å². The molecule has 0 unspecified atom stereocenters. The third kappa shape index (κ3) is 7.72. The van der Waals surface area contributed by atoms with Crippen LogP contribution in [0.2, 0.25) is 0 Å². The van der Waals surface area contributed by atoms with Gasteiger partial charge in [0.2, 0.25) is 12.4 Å². The van der Waals surface area contributed by atoms with Gasteiger partial charge < -0.3 is 29.5 Å². The van der Waals surface area contributed by atoms with Crippen LogP contribution in [0.5, 0.6) is 5.75 Å². The van der Waals surface area contributed by atoms with Gasteiger partial charge in [-0.1, -0.05) is 13.3 Å². The van der Waals surface area contributed by atoms with Crippen molar-refractivity contribution in [1.82, 2.24) is 24.8 Å². The number of unbranched alkanes of at least 4 members (excludes halogenated alkanes) is 1. The fourth-order valence-corrected chi connectivity index (χ4v) is 5.15. The zero-order valence-electron chi connectivity index (χ0n) is 24.9. The van der Waals surface area contributed by atoms with E-state index in [1.54, 1.807) is 35.2 Å². The molecule has 0 saturated carbocycles. The molecule has 2 aliphatic heterocycles. The van der Waals surface area contributed by atoms with Crippen molar-refractivity contribution < 1.29 is 27.8 Å². The number of halogens is 2. The summed E-state index contributed by atoms with van der Waals surface area (Å²) >= 11 is 0. The van der Waals surface area contributed by atoms with Gasteiger partial charge in [0.1, 0.15) is 30.1 Å². The Kier molecular flexibility index (Phi) is 10.2. The fraction of sp³-hybridized carbons (Fsp3) is 0.419. The highest BCUT2D eigenvalue weighted by Crippen LogP contribution is 2.29. The van der Waals surface area contributed by atoms with E-state index in [1.165, 1.54) is 17.3 Å². The second-order valence-electron chi connectivity index (χ2n) is 10.7. The molecule has 2 aromatic carbocycles. The minimum Gasteiger partial charge on any atom is -0.486 e. The van der Waals surface area contributed by atoms with Crippen LogP contribution in [-0.2, 0) is 9.53 Å². The number of likely N-dealkylation sites (tertiary alicyclic amines) is 1. The van der Waals surface area contributed by atoms with Crippen LogP contribution in [0.3, 0.4) is 0 Å². The molecule has 2 saturated heterocycles. The number of piperazine rings is 1. The molecule has 12 nitrogen and oxygen atoms in total. The molecule has 0 spiro atoms. The van der Waals surface area contributed by atoms with E-state index in [-0.39, 0.29) is 35.7 Å². The number of rotatable bonds is 10. The van der Waals surface area contributed by atoms with Gasteiger partial charge in [0, 0.05) is 50.4 Å². The van der Waals surface area contributed by atoms with E-state index in [0.717, 1.165) is 12.8 Å². The second-order valence-corrected chi connectivity index (χ2v) is 10.7. The van der Waals surface area contributed by atoms with E-state index in [0.29, 0.717) is 69.1 Å². The predicted molar refractivity (Wildman–Crippen MR) is 161 cm³/mol. The Labute approximate surface area is 259 Å². The van der Waals surface area contributed by atoms with Crippen LogP contribution in [0.25, 0.3) is 11.4 Å². The van der Waals surface area contributed by atoms with E-state index in [9.17, 15) is 19.2 Å². The predicted octanol–water partition coefficient (Wildman–Crippen LogP) is 4.30. The first-order valence-corrected chi connectivity index (χ1v) is 14.8. The lowest BCUT2D eigenvalue weighted by atomic mass is 10.1. The SMILES string of the molecule is CCCCOC(=O)N1CCN(c2ccc(Nc3ncnc(-c4ccc(O[C@H]5CCN(C=O)C[C@@H]5F)c(C#N)c4)n3)cc2F)CC1. The lowest BCUT2D eigenvalue weighted by Gasteiger charge is -2.35. The first kappa shape index (κ1) is 31.4. The zero-order valence-corrected chi connectivity index (χ0v) is 24.9. The third-order valence-electron chi connectivity index (χ3n) is 7.68. The van der Waals surface area contributed by atoms with Crippen LogP contribution >= 0.6 is 0 Å². The van der Waals surface area contributed by atoms with Crippen molar-refractivity contribution in [1.29, 1.82) is 5.26 Å². The maximum atomic E-state index is 15.2. The van der Waals surface area contributed by atoms with E-state index >= 15 is 4.39 Å². The van der Waals surface area contributed by atoms with Gasteiger partial charge in [0.05, 0.1) is 24.4 Å². The van der Waals surface area contributed by atoms with Gasteiger partial charge in [-0.05, 0) is 42.8 Å². The summed E-state index contributed by atoms with van der Waals surface area (Å²) in [5.74, 6) is 0.226. The van der Waals surface area contributed by atoms with Crippen molar-refractivity contribution in [3.63, 3.8) is 0 Å². The van der Waals surface area contributed by atoms with Crippen molar-refractivity contribution in [3.8, 4) is 23.2 Å². The van der Waals surface area contributed by atoms with E-state index in [2.05, 4.69) is 26.3 Å². The number of piperidine rings is 1. The molecule has 0 bridgehead atoms. The highest BCUT2D eigenvalue weighted by atomic mass is 19.1. The second kappa shape index (κ2) is 14.6. The molecular weight excluding hydrogens is 586 g/mol. The topological polar surface area (TPSA) is 137 Å². The maximum absolute atomic E-state index is 15.2. The number of hydrogen-bond acceptors (Lipinski definition) is 10. The molecule has 2 fully saturated rings. The van der Waals surface area contributed by atoms with Gasteiger partial charge in [-0.3, -0.25) is 4.79 Å². The number of anilines is 3. The minimum atomic E-state index is -1.37. The summed E-state index contributed by atoms with van der Waals surface area (Å²) in [6.45, 7) is 4.58. The molecule has 0 radical (unpaired) electrons. The quantitative estimate of drug-likeness (QED) is 0.258. The van der Waals surface area contributed by atoms with Crippen LogP contribution in [0.4, 0.5) is 30.9 Å². The highest BCUT2D eigenvalue weighted by Gasteiger charge is 2.31. The number of hydrogen-bond donors (Lipinski definition) is 1.